The molecule has 1 aliphatic heterocycles. The first-order valence-electron chi connectivity index (χ1n) is 14.8. The van der Waals surface area contributed by atoms with Gasteiger partial charge in [0.1, 0.15) is 34.4 Å². The third-order valence-corrected chi connectivity index (χ3v) is 8.54. The summed E-state index contributed by atoms with van der Waals surface area (Å²) in [5.74, 6) is -4.48. The second kappa shape index (κ2) is 16.4. The third kappa shape index (κ3) is 9.88. The molecule has 2 aromatic heterocycles. The highest BCUT2D eigenvalue weighted by Gasteiger charge is 2.24. The first-order chi connectivity index (χ1) is 24.2. The molecule has 3 heterocycles. The zero-order chi connectivity index (χ0) is 37.3. The number of carboxylic acid groups (broad SMARTS) is 2. The summed E-state index contributed by atoms with van der Waals surface area (Å²) in [7, 11) is -3.14. The van der Waals surface area contributed by atoms with Crippen LogP contribution in [-0.4, -0.2) is 95.4 Å². The Morgan fingerprint density at radius 1 is 0.863 bits per heavy atom. The van der Waals surface area contributed by atoms with Gasteiger partial charge in [-0.2, -0.15) is 0 Å². The Morgan fingerprint density at radius 3 is 2.16 bits per heavy atom. The molecule has 0 unspecified atom stereocenters. The van der Waals surface area contributed by atoms with Crippen LogP contribution in [0.15, 0.2) is 84.2 Å². The number of hydrogen-bond donors (Lipinski definition) is 3. The normalized spacial score (nSPS) is 13.2. The van der Waals surface area contributed by atoms with Crippen molar-refractivity contribution >= 4 is 56.1 Å². The Morgan fingerprint density at radius 2 is 1.55 bits per heavy atom. The van der Waals surface area contributed by atoms with E-state index in [0.717, 1.165) is 17.5 Å². The fourth-order valence-corrected chi connectivity index (χ4v) is 5.90. The molecule has 18 heteroatoms. The van der Waals surface area contributed by atoms with E-state index in [1.807, 2.05) is 11.0 Å². The summed E-state index contributed by atoms with van der Waals surface area (Å²) in [4.78, 5) is 58.7. The number of carboxylic acids is 2. The molecule has 0 atom stereocenters. The number of carbonyl (C=O) groups is 4. The number of anilines is 2. The molecule has 4 aromatic rings. The lowest BCUT2D eigenvalue weighted by Crippen LogP contribution is -2.48. The number of rotatable bonds is 10. The average molecular weight is 725 g/mol. The van der Waals surface area contributed by atoms with Crippen molar-refractivity contribution in [1.29, 1.82) is 0 Å². The van der Waals surface area contributed by atoms with Gasteiger partial charge in [-0.3, -0.25) is 14.3 Å². The number of hydrogen-bond acceptors (Lipinski definition) is 11. The van der Waals surface area contributed by atoms with E-state index in [0.29, 0.717) is 66.9 Å². The molecule has 1 fully saturated rings. The van der Waals surface area contributed by atoms with E-state index in [-0.39, 0.29) is 23.3 Å². The molecular formula is C33H30F2N6O9S. The Hall–Kier alpha value is -6.30. The predicted octanol–water partition coefficient (Wildman–Crippen LogP) is 3.29. The van der Waals surface area contributed by atoms with Gasteiger partial charge in [0, 0.05) is 67.6 Å². The molecule has 3 N–H and O–H groups in total. The van der Waals surface area contributed by atoms with Crippen molar-refractivity contribution in [2.75, 3.05) is 42.9 Å². The number of ketones is 1. The number of methoxy groups -OCH3 is 1. The number of fused-ring (bicyclic) bond motifs is 1. The average Bonchev–Trinajstić information content (AvgIpc) is 3.09. The number of pyridine rings is 1. The number of aromatic nitrogens is 3. The van der Waals surface area contributed by atoms with Gasteiger partial charge in [-0.15, -0.1) is 0 Å². The molecule has 5 rings (SSSR count). The van der Waals surface area contributed by atoms with Crippen LogP contribution in [0.5, 0.6) is 5.88 Å². The lowest BCUT2D eigenvalue weighted by molar-refractivity contribution is -0.134. The number of allylic oxidation sites excluding steroid dienone is 1. The molecular weight excluding hydrogens is 694 g/mol. The van der Waals surface area contributed by atoms with Crippen molar-refractivity contribution < 1.29 is 51.3 Å². The van der Waals surface area contributed by atoms with Crippen LogP contribution in [0.25, 0.3) is 22.0 Å². The van der Waals surface area contributed by atoms with Gasteiger partial charge in [0.05, 0.1) is 12.6 Å². The molecule has 0 aliphatic carbocycles. The molecule has 51 heavy (non-hydrogen) atoms. The van der Waals surface area contributed by atoms with Gasteiger partial charge in [0.2, 0.25) is 11.8 Å². The molecule has 0 bridgehead atoms. The molecule has 1 aliphatic rings. The Bertz CT molecular complexity index is 2140. The fourth-order valence-electron chi connectivity index (χ4n) is 4.79. The van der Waals surface area contributed by atoms with E-state index in [2.05, 4.69) is 19.7 Å². The summed E-state index contributed by atoms with van der Waals surface area (Å²) in [6.45, 7) is 3.27. The van der Waals surface area contributed by atoms with Crippen molar-refractivity contribution in [2.24, 2.45) is 0 Å². The Labute approximate surface area is 289 Å². The molecule has 1 amide bonds. The Kier molecular flexibility index (Phi) is 12.1. The summed E-state index contributed by atoms with van der Waals surface area (Å²) in [6, 6.07) is 9.09. The van der Waals surface area contributed by atoms with Crippen LogP contribution in [0.4, 0.5) is 20.3 Å². The number of halogens is 2. The zero-order valence-corrected chi connectivity index (χ0v) is 27.8. The van der Waals surface area contributed by atoms with E-state index in [1.54, 1.807) is 17.0 Å². The van der Waals surface area contributed by atoms with Gasteiger partial charge in [0.25, 0.3) is 10.0 Å². The number of piperazine rings is 1. The highest BCUT2D eigenvalue weighted by molar-refractivity contribution is 7.92. The van der Waals surface area contributed by atoms with Crippen molar-refractivity contribution in [1.82, 2.24) is 19.9 Å². The third-order valence-electron chi connectivity index (χ3n) is 7.14. The van der Waals surface area contributed by atoms with Crippen molar-refractivity contribution in [3.63, 3.8) is 0 Å². The molecule has 2 aromatic carbocycles. The van der Waals surface area contributed by atoms with Crippen LogP contribution < -0.4 is 14.4 Å². The minimum absolute atomic E-state index is 0.0482. The summed E-state index contributed by atoms with van der Waals surface area (Å²) in [5, 5.41) is 16.3. The van der Waals surface area contributed by atoms with Crippen LogP contribution in [0.2, 0.25) is 0 Å². The highest BCUT2D eigenvalue weighted by atomic mass is 32.2. The van der Waals surface area contributed by atoms with E-state index in [4.69, 9.17) is 14.9 Å². The second-order valence-electron chi connectivity index (χ2n) is 10.7. The smallest absolute Gasteiger partial charge is 0.328 e. The molecule has 266 valence electrons. The van der Waals surface area contributed by atoms with Crippen molar-refractivity contribution in [2.45, 2.75) is 11.8 Å². The van der Waals surface area contributed by atoms with Crippen LogP contribution in [-0.2, 0) is 29.2 Å². The topological polar surface area (TPSA) is 209 Å². The second-order valence-corrected chi connectivity index (χ2v) is 12.3. The van der Waals surface area contributed by atoms with Crippen LogP contribution in [0, 0.1) is 11.6 Å². The van der Waals surface area contributed by atoms with E-state index in [9.17, 15) is 36.4 Å². The van der Waals surface area contributed by atoms with Gasteiger partial charge in [-0.1, -0.05) is 6.07 Å². The van der Waals surface area contributed by atoms with Crippen molar-refractivity contribution in [3.05, 3.63) is 90.9 Å². The first kappa shape index (κ1) is 37.5. The van der Waals surface area contributed by atoms with Crippen LogP contribution >= 0.6 is 0 Å². The SMILES string of the molecule is COc1ncc(-c2ccc3ncnc(N4CCN(C(=O)/C=C/C(C)=O)CC4)c3c2)cc1NS(=O)(=O)c1ccc(F)cc1F.O=C(O)/C=C/C(=O)O. The van der Waals surface area contributed by atoms with E-state index in [1.165, 1.54) is 44.8 Å². The largest absolute Gasteiger partial charge is 0.480 e. The van der Waals surface area contributed by atoms with Crippen molar-refractivity contribution in [3.8, 4) is 17.0 Å². The molecule has 0 radical (unpaired) electrons. The summed E-state index contributed by atoms with van der Waals surface area (Å²) < 4.78 is 61.1. The number of ether oxygens (including phenoxy) is 1. The number of benzene rings is 2. The standard InChI is InChI=1S/C29H26F2N6O5S.C4H4O4/c1-18(38)3-8-27(39)36-9-11-37(12-10-36)28-22-13-19(4-6-24(22)33-17-34-28)20-14-25(29(42-2)32-16-20)35-43(40,41)26-7-5-21(30)15-23(26)31;5-3(6)1-2-4(7)8/h3-8,13-17,35H,9-12H2,1-2H3;1-2H,(H,5,6)(H,7,8)/b8-3+;2-1+. The van der Waals surface area contributed by atoms with Gasteiger partial charge >= 0.3 is 11.9 Å². The Balaban J connectivity index is 0.000000652. The van der Waals surface area contributed by atoms with Crippen LogP contribution in [0.3, 0.4) is 0 Å². The van der Waals surface area contributed by atoms with Crippen LogP contribution in [0.1, 0.15) is 6.92 Å². The fraction of sp³-hybridized carbons (Fsp3) is 0.182. The number of sulfonamides is 1. The van der Waals surface area contributed by atoms with E-state index < -0.39 is 38.5 Å². The lowest BCUT2D eigenvalue weighted by Gasteiger charge is -2.35. The van der Waals surface area contributed by atoms with Gasteiger partial charge in [-0.05, 0) is 48.9 Å². The molecule has 0 spiro atoms. The monoisotopic (exact) mass is 724 g/mol. The maximum absolute atomic E-state index is 14.3. The maximum atomic E-state index is 14.3. The minimum Gasteiger partial charge on any atom is -0.480 e. The highest BCUT2D eigenvalue weighted by Crippen LogP contribution is 2.33. The number of amides is 1. The number of aliphatic carboxylic acids is 2. The summed E-state index contributed by atoms with van der Waals surface area (Å²) in [6.07, 6.45) is 6.60. The number of nitrogens with zero attached hydrogens (tertiary/aromatic N) is 5. The minimum atomic E-state index is -4.45. The molecule has 15 nitrogen and oxygen atoms in total. The molecule has 0 saturated carbocycles. The molecule has 1 saturated heterocycles. The van der Waals surface area contributed by atoms with Gasteiger partial charge in [-0.25, -0.2) is 41.7 Å². The predicted molar refractivity (Wildman–Crippen MR) is 180 cm³/mol. The quantitative estimate of drug-likeness (QED) is 0.201. The first-order valence-corrected chi connectivity index (χ1v) is 16.3. The number of carbonyl (C=O) groups excluding carboxylic acids is 2. The summed E-state index contributed by atoms with van der Waals surface area (Å²) >= 11 is 0. The van der Waals surface area contributed by atoms with E-state index >= 15 is 0 Å². The van der Waals surface area contributed by atoms with Gasteiger partial charge < -0.3 is 24.7 Å². The lowest BCUT2D eigenvalue weighted by atomic mass is 10.0. The maximum Gasteiger partial charge on any atom is 0.328 e. The number of nitrogens with one attached hydrogen (secondary N) is 1. The van der Waals surface area contributed by atoms with Gasteiger partial charge in [0.15, 0.2) is 5.78 Å². The summed E-state index contributed by atoms with van der Waals surface area (Å²) in [5.41, 5.74) is 1.80. The zero-order valence-electron chi connectivity index (χ0n) is 27.0.